The molecule has 2 atom stereocenters. The zero-order valence-electron chi connectivity index (χ0n) is 12.2. The minimum absolute atomic E-state index is 0.194. The summed E-state index contributed by atoms with van der Waals surface area (Å²) >= 11 is 0. The molecule has 116 valence electrons. The van der Waals surface area contributed by atoms with Gasteiger partial charge in [0.2, 0.25) is 0 Å². The lowest BCUT2D eigenvalue weighted by Crippen LogP contribution is -2.20. The Morgan fingerprint density at radius 2 is 2.10 bits per heavy atom. The predicted molar refractivity (Wildman–Crippen MR) is 77.3 cm³/mol. The molecule has 0 heterocycles. The van der Waals surface area contributed by atoms with Crippen LogP contribution in [0.25, 0.3) is 0 Å². The van der Waals surface area contributed by atoms with Gasteiger partial charge in [0.25, 0.3) is 0 Å². The van der Waals surface area contributed by atoms with Crippen molar-refractivity contribution in [3.05, 3.63) is 35.9 Å². The molecule has 2 nitrogen and oxygen atoms in total. The Morgan fingerprint density at radius 3 is 2.76 bits per heavy atom. The van der Waals surface area contributed by atoms with Crippen molar-refractivity contribution in [3.63, 3.8) is 0 Å². The molecule has 1 aromatic rings. The Labute approximate surface area is 123 Å². The molecule has 0 saturated carbocycles. The molecule has 0 bridgehead atoms. The molecule has 1 aliphatic carbocycles. The number of hydrogen-bond acceptors (Lipinski definition) is 2. The van der Waals surface area contributed by atoms with E-state index in [1.807, 2.05) is 0 Å². The van der Waals surface area contributed by atoms with E-state index in [0.29, 0.717) is 17.5 Å². The molecule has 1 aromatic carbocycles. The van der Waals surface area contributed by atoms with Crippen LogP contribution in [-0.4, -0.2) is 12.9 Å². The number of ether oxygens (including phenoxy) is 1. The molecular weight excluding hydrogens is 279 g/mol. The second-order valence-corrected chi connectivity index (χ2v) is 5.75. The molecule has 0 saturated heterocycles. The van der Waals surface area contributed by atoms with Gasteiger partial charge in [0.15, 0.2) is 0 Å². The SMILES string of the molecule is CC1=CC(C)CC(CNc2cccc(OC(F)(F)F)c2)C1. The van der Waals surface area contributed by atoms with Crippen molar-refractivity contribution >= 4 is 5.69 Å². The maximum Gasteiger partial charge on any atom is 0.573 e. The smallest absolute Gasteiger partial charge is 0.406 e. The summed E-state index contributed by atoms with van der Waals surface area (Å²) in [6, 6.07) is 5.98. The highest BCUT2D eigenvalue weighted by Gasteiger charge is 2.31. The molecular formula is C16H20F3NO. The van der Waals surface area contributed by atoms with Gasteiger partial charge in [-0.1, -0.05) is 24.6 Å². The molecule has 1 aliphatic rings. The largest absolute Gasteiger partial charge is 0.573 e. The molecule has 5 heteroatoms. The zero-order valence-corrected chi connectivity index (χ0v) is 12.2. The second-order valence-electron chi connectivity index (χ2n) is 5.75. The van der Waals surface area contributed by atoms with Crippen LogP contribution in [0.3, 0.4) is 0 Å². The van der Waals surface area contributed by atoms with Gasteiger partial charge in [-0.25, -0.2) is 0 Å². The highest BCUT2D eigenvalue weighted by atomic mass is 19.4. The van der Waals surface area contributed by atoms with E-state index in [1.54, 1.807) is 12.1 Å². The van der Waals surface area contributed by atoms with E-state index < -0.39 is 6.36 Å². The van der Waals surface area contributed by atoms with Crippen LogP contribution >= 0.6 is 0 Å². The third-order valence-electron chi connectivity index (χ3n) is 3.55. The Hall–Kier alpha value is -1.65. The van der Waals surface area contributed by atoms with Crippen LogP contribution in [0.5, 0.6) is 5.75 Å². The fourth-order valence-electron chi connectivity index (χ4n) is 2.91. The first-order valence-corrected chi connectivity index (χ1v) is 7.09. The maximum atomic E-state index is 12.2. The average molecular weight is 299 g/mol. The Kier molecular flexibility index (Phi) is 4.80. The van der Waals surface area contributed by atoms with Crippen molar-refractivity contribution in [2.75, 3.05) is 11.9 Å². The fourth-order valence-corrected chi connectivity index (χ4v) is 2.91. The maximum absolute atomic E-state index is 12.2. The third-order valence-corrected chi connectivity index (χ3v) is 3.55. The van der Waals surface area contributed by atoms with Crippen LogP contribution in [-0.2, 0) is 0 Å². The van der Waals surface area contributed by atoms with Crippen molar-refractivity contribution in [2.45, 2.75) is 33.1 Å². The summed E-state index contributed by atoms with van der Waals surface area (Å²) < 4.78 is 40.5. The predicted octanol–water partition coefficient (Wildman–Crippen LogP) is 4.99. The highest BCUT2D eigenvalue weighted by molar-refractivity contribution is 5.48. The number of nitrogens with one attached hydrogen (secondary N) is 1. The highest BCUT2D eigenvalue weighted by Crippen LogP contribution is 2.29. The van der Waals surface area contributed by atoms with E-state index in [0.717, 1.165) is 19.4 Å². The third kappa shape index (κ3) is 5.33. The first-order valence-electron chi connectivity index (χ1n) is 7.09. The molecule has 2 rings (SSSR count). The van der Waals surface area contributed by atoms with E-state index in [1.165, 1.54) is 17.7 Å². The second kappa shape index (κ2) is 6.41. The zero-order chi connectivity index (χ0) is 15.5. The number of benzene rings is 1. The van der Waals surface area contributed by atoms with Crippen LogP contribution in [0.4, 0.5) is 18.9 Å². The van der Waals surface area contributed by atoms with Crippen LogP contribution in [0, 0.1) is 11.8 Å². The van der Waals surface area contributed by atoms with Gasteiger partial charge >= 0.3 is 6.36 Å². The van der Waals surface area contributed by atoms with Gasteiger partial charge in [0.05, 0.1) is 0 Å². The minimum atomic E-state index is -4.65. The van der Waals surface area contributed by atoms with Crippen LogP contribution in [0.1, 0.15) is 26.7 Å². The molecule has 0 radical (unpaired) electrons. The summed E-state index contributed by atoms with van der Waals surface area (Å²) in [6.07, 6.45) is -0.229. The van der Waals surface area contributed by atoms with Crippen LogP contribution < -0.4 is 10.1 Å². The molecule has 0 spiro atoms. The normalized spacial score (nSPS) is 22.6. The average Bonchev–Trinajstić information content (AvgIpc) is 2.33. The number of hydrogen-bond donors (Lipinski definition) is 1. The summed E-state index contributed by atoms with van der Waals surface area (Å²) in [5, 5.41) is 3.21. The van der Waals surface area contributed by atoms with Crippen molar-refractivity contribution in [2.24, 2.45) is 11.8 Å². The molecule has 21 heavy (non-hydrogen) atoms. The summed E-state index contributed by atoms with van der Waals surface area (Å²) in [4.78, 5) is 0. The van der Waals surface area contributed by atoms with E-state index >= 15 is 0 Å². The van der Waals surface area contributed by atoms with E-state index in [9.17, 15) is 13.2 Å². The number of alkyl halides is 3. The Bertz CT molecular complexity index is 510. The lowest BCUT2D eigenvalue weighted by Gasteiger charge is -2.26. The molecule has 0 fully saturated rings. The van der Waals surface area contributed by atoms with Crippen molar-refractivity contribution < 1.29 is 17.9 Å². The lowest BCUT2D eigenvalue weighted by atomic mass is 9.84. The molecule has 0 aromatic heterocycles. The quantitative estimate of drug-likeness (QED) is 0.791. The summed E-state index contributed by atoms with van der Waals surface area (Å²) in [6.45, 7) is 5.07. The number of anilines is 1. The van der Waals surface area contributed by atoms with Gasteiger partial charge in [-0.05, 0) is 43.7 Å². The van der Waals surface area contributed by atoms with Crippen LogP contribution in [0.2, 0.25) is 0 Å². The number of halogens is 3. The lowest BCUT2D eigenvalue weighted by molar-refractivity contribution is -0.274. The Balaban J connectivity index is 1.92. The summed E-state index contributed by atoms with van der Waals surface area (Å²) in [5.41, 5.74) is 2.03. The van der Waals surface area contributed by atoms with E-state index in [2.05, 4.69) is 30.0 Å². The molecule has 2 unspecified atom stereocenters. The first-order chi connectivity index (χ1) is 9.82. The van der Waals surface area contributed by atoms with Gasteiger partial charge < -0.3 is 10.1 Å². The van der Waals surface area contributed by atoms with Gasteiger partial charge in [0, 0.05) is 18.3 Å². The topological polar surface area (TPSA) is 21.3 Å². The molecule has 0 aliphatic heterocycles. The standard InChI is InChI=1S/C16H20F3NO/c1-11-6-12(2)8-13(7-11)10-20-14-4-3-5-15(9-14)21-16(17,18)19/h3-6,9,11,13,20H,7-8,10H2,1-2H3. The summed E-state index contributed by atoms with van der Waals surface area (Å²) in [5.74, 6) is 0.878. The molecule has 0 amide bonds. The Morgan fingerprint density at radius 1 is 1.33 bits per heavy atom. The van der Waals surface area contributed by atoms with Crippen LogP contribution in [0.15, 0.2) is 35.9 Å². The monoisotopic (exact) mass is 299 g/mol. The summed E-state index contributed by atoms with van der Waals surface area (Å²) in [7, 11) is 0. The minimum Gasteiger partial charge on any atom is -0.406 e. The van der Waals surface area contributed by atoms with Crippen molar-refractivity contribution in [3.8, 4) is 5.75 Å². The molecule has 1 N–H and O–H groups in total. The van der Waals surface area contributed by atoms with Crippen molar-refractivity contribution in [1.82, 2.24) is 0 Å². The van der Waals surface area contributed by atoms with Gasteiger partial charge in [0.1, 0.15) is 5.75 Å². The van der Waals surface area contributed by atoms with Crippen molar-refractivity contribution in [1.29, 1.82) is 0 Å². The van der Waals surface area contributed by atoms with E-state index in [4.69, 9.17) is 0 Å². The number of rotatable bonds is 4. The fraction of sp³-hybridized carbons (Fsp3) is 0.500. The van der Waals surface area contributed by atoms with Gasteiger partial charge in [-0.15, -0.1) is 13.2 Å². The number of allylic oxidation sites excluding steroid dienone is 2. The van der Waals surface area contributed by atoms with Gasteiger partial charge in [-0.3, -0.25) is 0 Å². The first kappa shape index (κ1) is 15.7. The van der Waals surface area contributed by atoms with E-state index in [-0.39, 0.29) is 5.75 Å². The van der Waals surface area contributed by atoms with Gasteiger partial charge in [-0.2, -0.15) is 0 Å².